The molecule has 1 aromatic carbocycles. The van der Waals surface area contributed by atoms with Gasteiger partial charge in [0.2, 0.25) is 0 Å². The SMILES string of the molecule is CCCCC(C(=O)O)N1CCN(Cc2ccccc2)CC1. The normalized spacial score (nSPS) is 18.5. The molecule has 0 aromatic heterocycles. The topological polar surface area (TPSA) is 43.8 Å². The van der Waals surface area contributed by atoms with E-state index in [4.69, 9.17) is 0 Å². The second-order valence-corrected chi connectivity index (χ2v) is 5.79. The lowest BCUT2D eigenvalue weighted by Gasteiger charge is -2.37. The number of aliphatic carboxylic acids is 1. The van der Waals surface area contributed by atoms with Crippen LogP contribution in [0.25, 0.3) is 0 Å². The van der Waals surface area contributed by atoms with E-state index < -0.39 is 5.97 Å². The highest BCUT2D eigenvalue weighted by Gasteiger charge is 2.28. The Morgan fingerprint density at radius 2 is 1.86 bits per heavy atom. The van der Waals surface area contributed by atoms with E-state index in [1.807, 2.05) is 6.07 Å². The molecule has 2 rings (SSSR count). The molecule has 0 radical (unpaired) electrons. The van der Waals surface area contributed by atoms with E-state index >= 15 is 0 Å². The van der Waals surface area contributed by atoms with Gasteiger partial charge in [0.05, 0.1) is 0 Å². The Labute approximate surface area is 127 Å². The van der Waals surface area contributed by atoms with Crippen molar-refractivity contribution in [3.05, 3.63) is 35.9 Å². The molecule has 21 heavy (non-hydrogen) atoms. The van der Waals surface area contributed by atoms with E-state index in [0.29, 0.717) is 0 Å². The number of nitrogens with zero attached hydrogens (tertiary/aromatic N) is 2. The Bertz CT molecular complexity index is 428. The minimum Gasteiger partial charge on any atom is -0.480 e. The van der Waals surface area contributed by atoms with Gasteiger partial charge in [-0.2, -0.15) is 0 Å². The molecule has 1 atom stereocenters. The molecular weight excluding hydrogens is 264 g/mol. The first kappa shape index (κ1) is 16.0. The van der Waals surface area contributed by atoms with Crippen LogP contribution in [0.3, 0.4) is 0 Å². The van der Waals surface area contributed by atoms with Gasteiger partial charge in [0.1, 0.15) is 6.04 Å². The van der Waals surface area contributed by atoms with Crippen LogP contribution in [0.1, 0.15) is 31.7 Å². The molecule has 0 spiro atoms. The predicted octanol–water partition coefficient (Wildman–Crippen LogP) is 2.45. The molecule has 0 bridgehead atoms. The van der Waals surface area contributed by atoms with Gasteiger partial charge in [-0.3, -0.25) is 14.6 Å². The number of hydrogen-bond donors (Lipinski definition) is 1. The highest BCUT2D eigenvalue weighted by Crippen LogP contribution is 2.14. The number of unbranched alkanes of at least 4 members (excludes halogenated alkanes) is 1. The maximum Gasteiger partial charge on any atom is 0.320 e. The van der Waals surface area contributed by atoms with Crippen molar-refractivity contribution in [2.75, 3.05) is 26.2 Å². The number of carbonyl (C=O) groups is 1. The van der Waals surface area contributed by atoms with E-state index in [9.17, 15) is 9.90 Å². The van der Waals surface area contributed by atoms with Gasteiger partial charge in [0.25, 0.3) is 0 Å². The zero-order valence-corrected chi connectivity index (χ0v) is 12.9. The van der Waals surface area contributed by atoms with Crippen LogP contribution >= 0.6 is 0 Å². The summed E-state index contributed by atoms with van der Waals surface area (Å²) in [6, 6.07) is 10.2. The summed E-state index contributed by atoms with van der Waals surface area (Å²) >= 11 is 0. The van der Waals surface area contributed by atoms with Crippen molar-refractivity contribution in [2.24, 2.45) is 0 Å². The molecule has 1 aliphatic rings. The molecular formula is C17H26N2O2. The largest absolute Gasteiger partial charge is 0.480 e. The summed E-state index contributed by atoms with van der Waals surface area (Å²) in [6.07, 6.45) is 2.81. The van der Waals surface area contributed by atoms with E-state index in [0.717, 1.165) is 52.0 Å². The average molecular weight is 290 g/mol. The van der Waals surface area contributed by atoms with Crippen molar-refractivity contribution >= 4 is 5.97 Å². The van der Waals surface area contributed by atoms with Crippen LogP contribution in [0.2, 0.25) is 0 Å². The average Bonchev–Trinajstić information content (AvgIpc) is 2.50. The third kappa shape index (κ3) is 4.83. The van der Waals surface area contributed by atoms with Crippen molar-refractivity contribution in [1.29, 1.82) is 0 Å². The molecule has 4 heteroatoms. The Kier molecular flexibility index (Phi) is 6.21. The van der Waals surface area contributed by atoms with Gasteiger partial charge < -0.3 is 5.11 Å². The van der Waals surface area contributed by atoms with Gasteiger partial charge in [-0.25, -0.2) is 0 Å². The first-order valence-electron chi connectivity index (χ1n) is 7.94. The molecule has 0 saturated carbocycles. The quantitative estimate of drug-likeness (QED) is 0.838. The Balaban J connectivity index is 1.82. The van der Waals surface area contributed by atoms with Crippen molar-refractivity contribution in [1.82, 2.24) is 9.80 Å². The number of piperazine rings is 1. The lowest BCUT2D eigenvalue weighted by molar-refractivity contribution is -0.144. The molecule has 1 fully saturated rings. The summed E-state index contributed by atoms with van der Waals surface area (Å²) in [7, 11) is 0. The van der Waals surface area contributed by atoms with Gasteiger partial charge in [-0.15, -0.1) is 0 Å². The standard InChI is InChI=1S/C17H26N2O2/c1-2-3-9-16(17(20)21)19-12-10-18(11-13-19)14-15-7-5-4-6-8-15/h4-8,16H,2-3,9-14H2,1H3,(H,20,21). The fourth-order valence-electron chi connectivity index (χ4n) is 2.93. The molecule has 1 aliphatic heterocycles. The van der Waals surface area contributed by atoms with Crippen LogP contribution in [-0.4, -0.2) is 53.1 Å². The van der Waals surface area contributed by atoms with Crippen LogP contribution in [0.5, 0.6) is 0 Å². The highest BCUT2D eigenvalue weighted by molar-refractivity contribution is 5.73. The first-order valence-corrected chi connectivity index (χ1v) is 7.94. The minimum atomic E-state index is -0.667. The first-order chi connectivity index (χ1) is 10.2. The van der Waals surface area contributed by atoms with Crippen molar-refractivity contribution < 1.29 is 9.90 Å². The highest BCUT2D eigenvalue weighted by atomic mass is 16.4. The van der Waals surface area contributed by atoms with Gasteiger partial charge >= 0.3 is 5.97 Å². The summed E-state index contributed by atoms with van der Waals surface area (Å²) in [6.45, 7) is 6.68. The molecule has 0 aliphatic carbocycles. The molecule has 1 heterocycles. The van der Waals surface area contributed by atoms with Crippen LogP contribution in [-0.2, 0) is 11.3 Å². The molecule has 1 saturated heterocycles. The molecule has 4 nitrogen and oxygen atoms in total. The van der Waals surface area contributed by atoms with E-state index in [2.05, 4.69) is 41.0 Å². The lowest BCUT2D eigenvalue weighted by atomic mass is 10.1. The maximum atomic E-state index is 11.4. The van der Waals surface area contributed by atoms with Crippen LogP contribution < -0.4 is 0 Å². The number of carboxylic acids is 1. The number of benzene rings is 1. The number of rotatable bonds is 7. The maximum absolute atomic E-state index is 11.4. The second kappa shape index (κ2) is 8.15. The third-order valence-electron chi connectivity index (χ3n) is 4.21. The van der Waals surface area contributed by atoms with Crippen molar-refractivity contribution in [2.45, 2.75) is 38.8 Å². The number of hydrogen-bond acceptors (Lipinski definition) is 3. The molecule has 1 N–H and O–H groups in total. The summed E-state index contributed by atoms with van der Waals surface area (Å²) in [4.78, 5) is 16.0. The lowest BCUT2D eigenvalue weighted by Crippen LogP contribution is -2.52. The van der Waals surface area contributed by atoms with Crippen LogP contribution in [0.15, 0.2) is 30.3 Å². The van der Waals surface area contributed by atoms with Gasteiger partial charge in [0, 0.05) is 32.7 Å². The monoisotopic (exact) mass is 290 g/mol. The summed E-state index contributed by atoms with van der Waals surface area (Å²) in [5, 5.41) is 9.40. The van der Waals surface area contributed by atoms with Crippen molar-refractivity contribution in [3.8, 4) is 0 Å². The van der Waals surface area contributed by atoms with Crippen molar-refractivity contribution in [3.63, 3.8) is 0 Å². The predicted molar refractivity (Wildman–Crippen MR) is 84.2 cm³/mol. The zero-order valence-electron chi connectivity index (χ0n) is 12.9. The van der Waals surface area contributed by atoms with E-state index in [1.54, 1.807) is 0 Å². The molecule has 1 unspecified atom stereocenters. The smallest absolute Gasteiger partial charge is 0.320 e. The molecule has 0 amide bonds. The zero-order chi connectivity index (χ0) is 15.1. The van der Waals surface area contributed by atoms with Gasteiger partial charge in [0.15, 0.2) is 0 Å². The van der Waals surface area contributed by atoms with Gasteiger partial charge in [-0.05, 0) is 12.0 Å². The van der Waals surface area contributed by atoms with E-state index in [1.165, 1.54) is 5.56 Å². The summed E-state index contributed by atoms with van der Waals surface area (Å²) < 4.78 is 0. The minimum absolute atomic E-state index is 0.302. The fraction of sp³-hybridized carbons (Fsp3) is 0.588. The molecule has 1 aromatic rings. The Morgan fingerprint density at radius 3 is 2.43 bits per heavy atom. The summed E-state index contributed by atoms with van der Waals surface area (Å²) in [5.74, 6) is -0.667. The van der Waals surface area contributed by atoms with Gasteiger partial charge in [-0.1, -0.05) is 50.1 Å². The third-order valence-corrected chi connectivity index (χ3v) is 4.21. The van der Waals surface area contributed by atoms with E-state index in [-0.39, 0.29) is 6.04 Å². The summed E-state index contributed by atoms with van der Waals surface area (Å²) in [5.41, 5.74) is 1.33. The Hall–Kier alpha value is -1.39. The molecule has 116 valence electrons. The van der Waals surface area contributed by atoms with Crippen LogP contribution in [0, 0.1) is 0 Å². The Morgan fingerprint density at radius 1 is 1.19 bits per heavy atom. The number of carboxylic acid groups (broad SMARTS) is 1. The fourth-order valence-corrected chi connectivity index (χ4v) is 2.93. The second-order valence-electron chi connectivity index (χ2n) is 5.79. The van der Waals surface area contributed by atoms with Crippen LogP contribution in [0.4, 0.5) is 0 Å².